The van der Waals surface area contributed by atoms with Crippen LogP contribution in [-0.4, -0.2) is 48.5 Å². The van der Waals surface area contributed by atoms with E-state index < -0.39 is 0 Å². The first-order valence-electron chi connectivity index (χ1n) is 6.32. The van der Waals surface area contributed by atoms with Crippen LogP contribution >= 0.6 is 11.6 Å². The Bertz CT molecular complexity index is 289. The van der Waals surface area contributed by atoms with Crippen LogP contribution in [0, 0.1) is 5.92 Å². The van der Waals surface area contributed by atoms with Crippen molar-refractivity contribution in [1.29, 1.82) is 0 Å². The number of ether oxygens (including phenoxy) is 1. The Hall–Kier alpha value is -0.970. The summed E-state index contributed by atoms with van der Waals surface area (Å²) in [6.45, 7) is 5.21. The van der Waals surface area contributed by atoms with Crippen molar-refractivity contribution < 1.29 is 14.3 Å². The predicted molar refractivity (Wildman–Crippen MR) is 69.6 cm³/mol. The molecule has 0 aromatic heterocycles. The third-order valence-electron chi connectivity index (χ3n) is 2.93. The molecule has 0 aliphatic carbocycles. The van der Waals surface area contributed by atoms with Gasteiger partial charge in [-0.1, -0.05) is 13.8 Å². The number of piperidine rings is 1. The average molecular weight is 277 g/mol. The molecule has 1 aliphatic rings. The minimum Gasteiger partial charge on any atom is -0.448 e. The summed E-state index contributed by atoms with van der Waals surface area (Å²) in [5.74, 6) is 0.377. The second kappa shape index (κ2) is 7.46. The van der Waals surface area contributed by atoms with Crippen LogP contribution in [0.15, 0.2) is 0 Å². The highest BCUT2D eigenvalue weighted by atomic mass is 35.5. The number of nitrogens with zero attached hydrogens (tertiary/aromatic N) is 1. The zero-order valence-corrected chi connectivity index (χ0v) is 11.7. The van der Waals surface area contributed by atoms with Crippen molar-refractivity contribution in [1.82, 2.24) is 10.2 Å². The fourth-order valence-corrected chi connectivity index (χ4v) is 1.87. The maximum absolute atomic E-state index is 11.6. The van der Waals surface area contributed by atoms with Crippen molar-refractivity contribution in [3.8, 4) is 0 Å². The van der Waals surface area contributed by atoms with Gasteiger partial charge in [0.1, 0.15) is 6.61 Å². The van der Waals surface area contributed by atoms with E-state index in [1.54, 1.807) is 4.90 Å². The molecule has 0 radical (unpaired) electrons. The highest BCUT2D eigenvalue weighted by Gasteiger charge is 2.25. The van der Waals surface area contributed by atoms with Crippen LogP contribution < -0.4 is 5.32 Å². The van der Waals surface area contributed by atoms with Gasteiger partial charge >= 0.3 is 6.09 Å². The Kier molecular flexibility index (Phi) is 6.25. The summed E-state index contributed by atoms with van der Waals surface area (Å²) < 4.78 is 4.95. The van der Waals surface area contributed by atoms with Crippen molar-refractivity contribution in [2.75, 3.05) is 25.6 Å². The Morgan fingerprint density at radius 2 is 2.00 bits per heavy atom. The zero-order valence-electron chi connectivity index (χ0n) is 10.9. The summed E-state index contributed by atoms with van der Waals surface area (Å²) in [4.78, 5) is 24.7. The minimum atomic E-state index is -0.315. The molecular weight excluding hydrogens is 256 g/mol. The van der Waals surface area contributed by atoms with Gasteiger partial charge in [-0.3, -0.25) is 4.79 Å². The Labute approximate surface area is 113 Å². The molecule has 5 nitrogen and oxygen atoms in total. The Balaban J connectivity index is 2.28. The first-order chi connectivity index (χ1) is 8.54. The molecule has 1 heterocycles. The van der Waals surface area contributed by atoms with Crippen LogP contribution in [0.5, 0.6) is 0 Å². The molecule has 1 saturated heterocycles. The molecule has 1 rings (SSSR count). The number of hydrogen-bond acceptors (Lipinski definition) is 3. The van der Waals surface area contributed by atoms with Gasteiger partial charge in [0.25, 0.3) is 0 Å². The lowest BCUT2D eigenvalue weighted by atomic mass is 10.0. The number of rotatable bonds is 4. The van der Waals surface area contributed by atoms with Crippen LogP contribution in [0.1, 0.15) is 26.7 Å². The van der Waals surface area contributed by atoms with E-state index in [2.05, 4.69) is 5.32 Å². The summed E-state index contributed by atoms with van der Waals surface area (Å²) in [5, 5.41) is 2.98. The number of hydrogen-bond donors (Lipinski definition) is 1. The molecule has 0 spiro atoms. The van der Waals surface area contributed by atoms with E-state index in [9.17, 15) is 9.59 Å². The summed E-state index contributed by atoms with van der Waals surface area (Å²) in [6.07, 6.45) is 1.23. The van der Waals surface area contributed by atoms with Crippen molar-refractivity contribution in [2.24, 2.45) is 5.92 Å². The lowest BCUT2D eigenvalue weighted by molar-refractivity contribution is -0.124. The lowest BCUT2D eigenvalue weighted by Gasteiger charge is -2.32. The number of carbonyl (C=O) groups excluding carboxylic acids is 2. The van der Waals surface area contributed by atoms with E-state index >= 15 is 0 Å². The summed E-state index contributed by atoms with van der Waals surface area (Å²) in [7, 11) is 0. The van der Waals surface area contributed by atoms with Gasteiger partial charge in [0.15, 0.2) is 0 Å². The number of amides is 2. The standard InChI is InChI=1S/C12H21ClN2O3/c1-9(2)11(16)14-10-3-6-15(7-4-10)12(17)18-8-5-13/h9-10H,3-8H2,1-2H3,(H,14,16). The van der Waals surface area contributed by atoms with E-state index in [0.717, 1.165) is 12.8 Å². The molecule has 1 aliphatic heterocycles. The fraction of sp³-hybridized carbons (Fsp3) is 0.833. The molecule has 0 aromatic rings. The molecule has 18 heavy (non-hydrogen) atoms. The predicted octanol–water partition coefficient (Wildman–Crippen LogP) is 1.60. The topological polar surface area (TPSA) is 58.6 Å². The lowest BCUT2D eigenvalue weighted by Crippen LogP contribution is -2.47. The van der Waals surface area contributed by atoms with Gasteiger partial charge in [0.05, 0.1) is 5.88 Å². The number of alkyl halides is 1. The van der Waals surface area contributed by atoms with Crippen LogP contribution in [0.2, 0.25) is 0 Å². The number of likely N-dealkylation sites (tertiary alicyclic amines) is 1. The van der Waals surface area contributed by atoms with Crippen molar-refractivity contribution in [3.05, 3.63) is 0 Å². The first-order valence-corrected chi connectivity index (χ1v) is 6.86. The smallest absolute Gasteiger partial charge is 0.409 e. The molecule has 1 fully saturated rings. The van der Waals surface area contributed by atoms with Crippen molar-refractivity contribution >= 4 is 23.6 Å². The van der Waals surface area contributed by atoms with Crippen LogP contribution in [-0.2, 0) is 9.53 Å². The zero-order chi connectivity index (χ0) is 13.5. The van der Waals surface area contributed by atoms with Crippen molar-refractivity contribution in [2.45, 2.75) is 32.7 Å². The van der Waals surface area contributed by atoms with Gasteiger partial charge in [0, 0.05) is 25.0 Å². The molecule has 2 amide bonds. The Morgan fingerprint density at radius 3 is 2.50 bits per heavy atom. The fourth-order valence-electron chi connectivity index (χ4n) is 1.79. The van der Waals surface area contributed by atoms with Gasteiger partial charge in [-0.2, -0.15) is 0 Å². The van der Waals surface area contributed by atoms with E-state index in [-0.39, 0.29) is 30.6 Å². The van der Waals surface area contributed by atoms with Gasteiger partial charge < -0.3 is 15.0 Å². The van der Waals surface area contributed by atoms with Gasteiger partial charge in [0.2, 0.25) is 5.91 Å². The number of halogens is 1. The summed E-state index contributed by atoms with van der Waals surface area (Å²) in [5.41, 5.74) is 0. The van der Waals surface area contributed by atoms with E-state index in [1.165, 1.54) is 0 Å². The number of carbonyl (C=O) groups is 2. The third kappa shape index (κ3) is 4.72. The molecule has 0 unspecified atom stereocenters. The average Bonchev–Trinajstić information content (AvgIpc) is 2.36. The third-order valence-corrected chi connectivity index (χ3v) is 3.08. The van der Waals surface area contributed by atoms with E-state index in [4.69, 9.17) is 16.3 Å². The van der Waals surface area contributed by atoms with Gasteiger partial charge in [-0.05, 0) is 12.8 Å². The monoisotopic (exact) mass is 276 g/mol. The maximum Gasteiger partial charge on any atom is 0.409 e. The summed E-state index contributed by atoms with van der Waals surface area (Å²) >= 11 is 5.45. The van der Waals surface area contributed by atoms with Gasteiger partial charge in [-0.25, -0.2) is 4.79 Å². The second-order valence-corrected chi connectivity index (χ2v) is 5.11. The SMILES string of the molecule is CC(C)C(=O)NC1CCN(C(=O)OCCCl)CC1. The molecule has 1 N–H and O–H groups in total. The van der Waals surface area contributed by atoms with E-state index in [1.807, 2.05) is 13.8 Å². The first kappa shape index (κ1) is 15.1. The minimum absolute atomic E-state index is 0.00304. The molecule has 104 valence electrons. The van der Waals surface area contributed by atoms with Crippen LogP contribution in [0.3, 0.4) is 0 Å². The van der Waals surface area contributed by atoms with Crippen LogP contribution in [0.4, 0.5) is 4.79 Å². The highest BCUT2D eigenvalue weighted by Crippen LogP contribution is 2.12. The largest absolute Gasteiger partial charge is 0.448 e. The molecule has 0 saturated carbocycles. The van der Waals surface area contributed by atoms with Gasteiger partial charge in [-0.15, -0.1) is 11.6 Å². The number of nitrogens with one attached hydrogen (secondary N) is 1. The molecule has 0 aromatic carbocycles. The highest BCUT2D eigenvalue weighted by molar-refractivity contribution is 6.18. The Morgan fingerprint density at radius 1 is 1.39 bits per heavy atom. The summed E-state index contributed by atoms with van der Waals surface area (Å²) in [6, 6.07) is 0.164. The second-order valence-electron chi connectivity index (χ2n) is 4.73. The van der Waals surface area contributed by atoms with E-state index in [0.29, 0.717) is 19.0 Å². The van der Waals surface area contributed by atoms with Crippen molar-refractivity contribution in [3.63, 3.8) is 0 Å². The molecule has 0 atom stereocenters. The quantitative estimate of drug-likeness (QED) is 0.794. The van der Waals surface area contributed by atoms with Crippen LogP contribution in [0.25, 0.3) is 0 Å². The molecule has 6 heteroatoms. The molecule has 0 bridgehead atoms. The normalized spacial score (nSPS) is 16.8. The molecular formula is C12H21ClN2O3. The maximum atomic E-state index is 11.6.